The van der Waals surface area contributed by atoms with E-state index in [0.29, 0.717) is 11.4 Å². The fourth-order valence-corrected chi connectivity index (χ4v) is 2.44. The van der Waals surface area contributed by atoms with Gasteiger partial charge in [-0.05, 0) is 24.3 Å². The first-order chi connectivity index (χ1) is 10.6. The highest BCUT2D eigenvalue weighted by Crippen LogP contribution is 2.34. The van der Waals surface area contributed by atoms with Crippen LogP contribution in [0.5, 0.6) is 5.75 Å². The molecule has 2 amide bonds. The number of oxime groups is 1. The average Bonchev–Trinajstić information content (AvgIpc) is 3.08. The van der Waals surface area contributed by atoms with Crippen molar-refractivity contribution in [1.82, 2.24) is 0 Å². The van der Waals surface area contributed by atoms with Gasteiger partial charge in [-0.2, -0.15) is 0 Å². The first-order valence-corrected chi connectivity index (χ1v) is 6.42. The van der Waals surface area contributed by atoms with Crippen LogP contribution in [0.2, 0.25) is 0 Å². The molecule has 0 spiro atoms. The van der Waals surface area contributed by atoms with Crippen molar-refractivity contribution in [2.24, 2.45) is 11.1 Å². The van der Waals surface area contributed by atoms with Gasteiger partial charge < -0.3 is 14.3 Å². The van der Waals surface area contributed by atoms with Crippen LogP contribution in [0.15, 0.2) is 29.4 Å². The Hall–Kier alpha value is -2.90. The number of carbonyl (C=O) groups is 3. The lowest BCUT2D eigenvalue weighted by atomic mass is 10.00. The molecule has 0 N–H and O–H groups in total. The summed E-state index contributed by atoms with van der Waals surface area (Å²) >= 11 is 0. The number of hydrogen-bond donors (Lipinski definition) is 0. The van der Waals surface area contributed by atoms with Crippen LogP contribution >= 0.6 is 0 Å². The molecule has 0 saturated carbocycles. The van der Waals surface area contributed by atoms with Gasteiger partial charge in [0.25, 0.3) is 5.91 Å². The number of amides is 2. The first kappa shape index (κ1) is 14.1. The van der Waals surface area contributed by atoms with Crippen LogP contribution in [0.1, 0.15) is 0 Å². The number of methoxy groups -OCH3 is 2. The maximum atomic E-state index is 12.5. The van der Waals surface area contributed by atoms with E-state index in [1.54, 1.807) is 24.3 Å². The van der Waals surface area contributed by atoms with Crippen molar-refractivity contribution < 1.29 is 28.7 Å². The lowest BCUT2D eigenvalue weighted by molar-refractivity contribution is -0.133. The highest BCUT2D eigenvalue weighted by Gasteiger charge is 2.57. The summed E-state index contributed by atoms with van der Waals surface area (Å²) in [7, 11) is 2.68. The molecule has 114 valence electrons. The van der Waals surface area contributed by atoms with E-state index in [2.05, 4.69) is 9.89 Å². The molecule has 2 aliphatic rings. The highest BCUT2D eigenvalue weighted by atomic mass is 16.7. The van der Waals surface area contributed by atoms with Crippen LogP contribution in [0.25, 0.3) is 0 Å². The van der Waals surface area contributed by atoms with Gasteiger partial charge in [0.15, 0.2) is 5.71 Å². The molecule has 3 rings (SSSR count). The monoisotopic (exact) mass is 304 g/mol. The van der Waals surface area contributed by atoms with Crippen molar-refractivity contribution >= 4 is 29.2 Å². The minimum absolute atomic E-state index is 0.193. The van der Waals surface area contributed by atoms with Gasteiger partial charge in [0.05, 0.1) is 19.9 Å². The highest BCUT2D eigenvalue weighted by molar-refractivity contribution is 6.46. The maximum absolute atomic E-state index is 12.5. The first-order valence-electron chi connectivity index (χ1n) is 6.42. The van der Waals surface area contributed by atoms with Gasteiger partial charge in [0, 0.05) is 0 Å². The minimum Gasteiger partial charge on any atom is -0.497 e. The number of benzene rings is 1. The van der Waals surface area contributed by atoms with E-state index in [9.17, 15) is 14.4 Å². The Bertz CT molecular complexity index is 681. The molecule has 2 aliphatic heterocycles. The lowest BCUT2D eigenvalue weighted by Gasteiger charge is -2.15. The zero-order valence-corrected chi connectivity index (χ0v) is 11.8. The van der Waals surface area contributed by atoms with Gasteiger partial charge >= 0.3 is 5.97 Å². The largest absolute Gasteiger partial charge is 0.497 e. The average molecular weight is 304 g/mol. The van der Waals surface area contributed by atoms with E-state index in [1.165, 1.54) is 14.2 Å². The molecule has 1 saturated heterocycles. The molecule has 0 radical (unpaired) electrons. The van der Waals surface area contributed by atoms with Crippen LogP contribution in [-0.2, 0) is 24.0 Å². The molecular formula is C14H12N2O6. The van der Waals surface area contributed by atoms with E-state index in [0.717, 1.165) is 4.90 Å². The Kier molecular flexibility index (Phi) is 3.28. The second-order valence-electron chi connectivity index (χ2n) is 4.68. The second kappa shape index (κ2) is 5.14. The molecule has 2 heterocycles. The minimum atomic E-state index is -1.12. The van der Waals surface area contributed by atoms with Gasteiger partial charge in [0.2, 0.25) is 12.0 Å². The zero-order valence-electron chi connectivity index (χ0n) is 11.8. The van der Waals surface area contributed by atoms with Crippen molar-refractivity contribution in [2.75, 3.05) is 19.1 Å². The molecule has 8 nitrogen and oxygen atoms in total. The van der Waals surface area contributed by atoms with Crippen LogP contribution in [0, 0.1) is 5.92 Å². The number of imide groups is 1. The maximum Gasteiger partial charge on any atom is 0.356 e. The zero-order chi connectivity index (χ0) is 15.9. The third kappa shape index (κ3) is 1.92. The summed E-state index contributed by atoms with van der Waals surface area (Å²) in [5.74, 6) is -2.40. The topological polar surface area (TPSA) is 94.5 Å². The van der Waals surface area contributed by atoms with E-state index >= 15 is 0 Å². The van der Waals surface area contributed by atoms with E-state index in [1.807, 2.05) is 0 Å². The van der Waals surface area contributed by atoms with E-state index in [4.69, 9.17) is 9.57 Å². The van der Waals surface area contributed by atoms with Crippen molar-refractivity contribution in [3.8, 4) is 5.75 Å². The number of anilines is 1. The predicted molar refractivity (Wildman–Crippen MR) is 73.3 cm³/mol. The summed E-state index contributed by atoms with van der Waals surface area (Å²) in [5, 5.41) is 3.50. The molecule has 0 aromatic heterocycles. The molecule has 0 aliphatic carbocycles. The number of nitrogens with zero attached hydrogens (tertiary/aromatic N) is 2. The van der Waals surface area contributed by atoms with Gasteiger partial charge in [-0.3, -0.25) is 9.59 Å². The van der Waals surface area contributed by atoms with Crippen molar-refractivity contribution in [1.29, 1.82) is 0 Å². The third-order valence-corrected chi connectivity index (χ3v) is 3.54. The molecule has 0 bridgehead atoms. The summed E-state index contributed by atoms with van der Waals surface area (Å²) in [6, 6.07) is 6.40. The van der Waals surface area contributed by atoms with Crippen LogP contribution in [0.3, 0.4) is 0 Å². The van der Waals surface area contributed by atoms with Crippen LogP contribution in [-0.4, -0.2) is 43.8 Å². The number of ether oxygens (including phenoxy) is 2. The summed E-state index contributed by atoms with van der Waals surface area (Å²) in [6.45, 7) is 0. The van der Waals surface area contributed by atoms with Crippen LogP contribution < -0.4 is 9.64 Å². The summed E-state index contributed by atoms with van der Waals surface area (Å²) in [6.07, 6.45) is -1.12. The van der Waals surface area contributed by atoms with Crippen molar-refractivity contribution in [3.63, 3.8) is 0 Å². The van der Waals surface area contributed by atoms with Crippen LogP contribution in [0.4, 0.5) is 5.69 Å². The molecule has 2 atom stereocenters. The van der Waals surface area contributed by atoms with E-state index in [-0.39, 0.29) is 5.71 Å². The number of rotatable bonds is 3. The standard InChI is InChI=1S/C14H12N2O6/c1-20-8-5-3-7(4-6-8)16-12(17)9-10(14(19)21-2)15-22-11(9)13(16)18/h3-6,9,11H,1-2H3. The molecule has 8 heteroatoms. The number of fused-ring (bicyclic) bond motifs is 1. The third-order valence-electron chi connectivity index (χ3n) is 3.54. The molecule has 1 aromatic rings. The number of esters is 1. The van der Waals surface area contributed by atoms with Gasteiger partial charge in [-0.15, -0.1) is 0 Å². The van der Waals surface area contributed by atoms with Gasteiger partial charge in [0.1, 0.15) is 11.7 Å². The second-order valence-corrected chi connectivity index (χ2v) is 4.68. The smallest absolute Gasteiger partial charge is 0.356 e. The molecular weight excluding hydrogens is 292 g/mol. The van der Waals surface area contributed by atoms with E-state index < -0.39 is 29.8 Å². The molecule has 1 aromatic carbocycles. The molecule has 2 unspecified atom stereocenters. The summed E-state index contributed by atoms with van der Waals surface area (Å²) < 4.78 is 9.58. The fraction of sp³-hybridized carbons (Fsp3) is 0.286. The summed E-state index contributed by atoms with van der Waals surface area (Å²) in [5.41, 5.74) is 0.180. The number of hydrogen-bond acceptors (Lipinski definition) is 7. The Labute approximate surface area is 125 Å². The Morgan fingerprint density at radius 2 is 1.86 bits per heavy atom. The van der Waals surface area contributed by atoms with Gasteiger partial charge in [-0.1, -0.05) is 5.16 Å². The lowest BCUT2D eigenvalue weighted by Crippen LogP contribution is -2.34. The predicted octanol–water partition coefficient (Wildman–Crippen LogP) is 0.112. The quantitative estimate of drug-likeness (QED) is 0.581. The molecule has 22 heavy (non-hydrogen) atoms. The van der Waals surface area contributed by atoms with Crippen molar-refractivity contribution in [3.05, 3.63) is 24.3 Å². The number of carbonyl (C=O) groups excluding carboxylic acids is 3. The Morgan fingerprint density at radius 1 is 1.18 bits per heavy atom. The summed E-state index contributed by atoms with van der Waals surface area (Å²) in [4.78, 5) is 42.3. The Balaban J connectivity index is 1.92. The normalized spacial score (nSPS) is 23.0. The SMILES string of the molecule is COC(=O)C1=NOC2C(=O)N(c3ccc(OC)cc3)C(=O)C12. The Morgan fingerprint density at radius 3 is 2.45 bits per heavy atom. The fourth-order valence-electron chi connectivity index (χ4n) is 2.44. The molecule has 1 fully saturated rings. The van der Waals surface area contributed by atoms with Crippen molar-refractivity contribution in [2.45, 2.75) is 6.10 Å². The van der Waals surface area contributed by atoms with Gasteiger partial charge in [-0.25, -0.2) is 9.69 Å².